The first-order valence-electron chi connectivity index (χ1n) is 4.83. The van der Waals surface area contributed by atoms with Crippen LogP contribution in [0.15, 0.2) is 12.7 Å². The fourth-order valence-corrected chi connectivity index (χ4v) is 2.42. The maximum absolute atomic E-state index is 11.8. The van der Waals surface area contributed by atoms with Gasteiger partial charge in [0.05, 0.1) is 5.41 Å². The quantitative estimate of drug-likeness (QED) is 0.239. The van der Waals surface area contributed by atoms with E-state index in [4.69, 9.17) is 30.0 Å². The lowest BCUT2D eigenvalue weighted by Crippen LogP contribution is -2.39. The molecule has 1 rings (SSSR count). The Labute approximate surface area is 105 Å². The number of thiocarbonyl (C=S) groups is 2. The molecule has 0 heterocycles. The summed E-state index contributed by atoms with van der Waals surface area (Å²) < 4.78 is 0. The Morgan fingerprint density at radius 1 is 1.62 bits per heavy atom. The van der Waals surface area contributed by atoms with Gasteiger partial charge in [0.2, 0.25) is 0 Å². The fourth-order valence-electron chi connectivity index (χ4n) is 1.54. The van der Waals surface area contributed by atoms with Gasteiger partial charge in [0.1, 0.15) is 0 Å². The molecule has 3 nitrogen and oxygen atoms in total. The standard InChI is InChI=1S/C11H12N2OS2/c1-3-10(2,8(14)6-13-12)9(16)11(7-15)4-5-11/h3,6-7H,1,4-5H2,2H3. The smallest absolute Gasteiger partial charge is 0.324 e. The van der Waals surface area contributed by atoms with E-state index in [0.717, 1.165) is 19.1 Å². The van der Waals surface area contributed by atoms with Gasteiger partial charge in [-0.1, -0.05) is 30.5 Å². The predicted molar refractivity (Wildman–Crippen MR) is 70.9 cm³/mol. The van der Waals surface area contributed by atoms with Crippen molar-refractivity contribution in [1.29, 1.82) is 0 Å². The molecule has 0 aliphatic heterocycles. The van der Waals surface area contributed by atoms with E-state index >= 15 is 0 Å². The molecule has 5 heteroatoms. The van der Waals surface area contributed by atoms with Gasteiger partial charge in [0, 0.05) is 10.3 Å². The molecule has 1 aliphatic carbocycles. The molecular formula is C11H12N2OS2. The largest absolute Gasteiger partial charge is 0.361 e. The van der Waals surface area contributed by atoms with Crippen LogP contribution in [0.1, 0.15) is 19.8 Å². The van der Waals surface area contributed by atoms with Gasteiger partial charge in [-0.2, -0.15) is 4.79 Å². The molecule has 0 saturated heterocycles. The minimum atomic E-state index is -0.993. The van der Waals surface area contributed by atoms with Gasteiger partial charge in [-0.05, 0) is 25.1 Å². The molecule has 0 aromatic rings. The highest BCUT2D eigenvalue weighted by Crippen LogP contribution is 2.50. The second-order valence-electron chi connectivity index (χ2n) is 4.12. The van der Waals surface area contributed by atoms with E-state index in [1.165, 1.54) is 6.08 Å². The number of allylic oxidation sites excluding steroid dienone is 1. The third-order valence-corrected chi connectivity index (χ3v) is 4.32. The van der Waals surface area contributed by atoms with E-state index in [0.29, 0.717) is 4.86 Å². The molecule has 0 spiro atoms. The third-order valence-electron chi connectivity index (χ3n) is 3.03. The highest BCUT2D eigenvalue weighted by molar-refractivity contribution is 7.81. The monoisotopic (exact) mass is 252 g/mol. The first kappa shape index (κ1) is 13.0. The van der Waals surface area contributed by atoms with E-state index in [1.54, 1.807) is 12.3 Å². The fraction of sp³-hybridized carbons (Fsp3) is 0.455. The SMILES string of the molecule is C=CC(C)(C(=O)C=[N+]=[N-])C(=S)C1(C=S)CC1. The van der Waals surface area contributed by atoms with E-state index in [9.17, 15) is 4.79 Å². The summed E-state index contributed by atoms with van der Waals surface area (Å²) in [5.74, 6) is -0.377. The number of hydrogen-bond donors (Lipinski definition) is 0. The molecule has 1 unspecified atom stereocenters. The third kappa shape index (κ3) is 1.94. The number of Topliss-reactive ketones (excluding diaryl/α,β-unsaturated/α-hetero) is 1. The number of rotatable bonds is 6. The maximum atomic E-state index is 11.8. The molecular weight excluding hydrogens is 240 g/mol. The summed E-state index contributed by atoms with van der Waals surface area (Å²) in [6.45, 7) is 5.31. The molecule has 1 saturated carbocycles. The number of ketones is 1. The Morgan fingerprint density at radius 3 is 2.50 bits per heavy atom. The average molecular weight is 252 g/mol. The first-order chi connectivity index (χ1) is 7.46. The normalized spacial score (nSPS) is 19.8. The molecule has 1 fully saturated rings. The molecule has 0 bridgehead atoms. The maximum Gasteiger partial charge on any atom is 0.324 e. The number of carbonyl (C=O) groups excluding carboxylic acids is 1. The van der Waals surface area contributed by atoms with Gasteiger partial charge in [0.25, 0.3) is 5.78 Å². The van der Waals surface area contributed by atoms with Crippen LogP contribution in [0.4, 0.5) is 0 Å². The van der Waals surface area contributed by atoms with Crippen LogP contribution < -0.4 is 0 Å². The summed E-state index contributed by atoms with van der Waals surface area (Å²) in [5.41, 5.74) is 7.10. The Bertz CT molecular complexity index is 420. The van der Waals surface area contributed by atoms with Crippen LogP contribution in [0.5, 0.6) is 0 Å². The van der Waals surface area contributed by atoms with Gasteiger partial charge >= 0.3 is 6.21 Å². The van der Waals surface area contributed by atoms with E-state index < -0.39 is 5.41 Å². The highest BCUT2D eigenvalue weighted by atomic mass is 32.1. The van der Waals surface area contributed by atoms with Crippen LogP contribution >= 0.6 is 24.4 Å². The Balaban J connectivity index is 3.10. The summed E-state index contributed by atoms with van der Waals surface area (Å²) in [6, 6.07) is 0. The zero-order valence-electron chi connectivity index (χ0n) is 8.97. The van der Waals surface area contributed by atoms with Crippen LogP contribution in [0.25, 0.3) is 5.53 Å². The van der Waals surface area contributed by atoms with Crippen molar-refractivity contribution in [3.8, 4) is 0 Å². The molecule has 16 heavy (non-hydrogen) atoms. The van der Waals surface area contributed by atoms with Crippen LogP contribution in [0.2, 0.25) is 0 Å². The molecule has 0 aromatic carbocycles. The van der Waals surface area contributed by atoms with Crippen molar-refractivity contribution in [3.05, 3.63) is 18.2 Å². The lowest BCUT2D eigenvalue weighted by Gasteiger charge is -2.26. The summed E-state index contributed by atoms with van der Waals surface area (Å²) in [4.78, 5) is 15.1. The first-order valence-corrected chi connectivity index (χ1v) is 5.71. The van der Waals surface area contributed by atoms with Crippen molar-refractivity contribution in [3.63, 3.8) is 0 Å². The van der Waals surface area contributed by atoms with Crippen molar-refractivity contribution in [2.75, 3.05) is 0 Å². The van der Waals surface area contributed by atoms with Gasteiger partial charge in [-0.3, -0.25) is 4.79 Å². The minimum Gasteiger partial charge on any atom is -0.361 e. The summed E-state index contributed by atoms with van der Waals surface area (Å²) in [7, 11) is 0. The molecule has 0 N–H and O–H groups in total. The Hall–Kier alpha value is -1.03. The van der Waals surface area contributed by atoms with Crippen LogP contribution in [-0.2, 0) is 4.79 Å². The average Bonchev–Trinajstić information content (AvgIpc) is 3.08. The van der Waals surface area contributed by atoms with Crippen LogP contribution in [0.3, 0.4) is 0 Å². The second-order valence-corrected chi connectivity index (χ2v) is 4.76. The van der Waals surface area contributed by atoms with E-state index in [2.05, 4.69) is 11.4 Å². The van der Waals surface area contributed by atoms with Crippen LogP contribution in [0, 0.1) is 10.8 Å². The molecule has 0 radical (unpaired) electrons. The minimum absolute atomic E-state index is 0.299. The molecule has 1 aliphatic rings. The van der Waals surface area contributed by atoms with Crippen LogP contribution in [-0.4, -0.2) is 27.0 Å². The highest BCUT2D eigenvalue weighted by Gasteiger charge is 2.52. The van der Waals surface area contributed by atoms with Gasteiger partial charge in [-0.15, -0.1) is 6.58 Å². The summed E-state index contributed by atoms with van der Waals surface area (Å²) >= 11 is 10.3. The molecule has 84 valence electrons. The van der Waals surface area contributed by atoms with Gasteiger partial charge in [0.15, 0.2) is 0 Å². The van der Waals surface area contributed by atoms with Crippen molar-refractivity contribution >= 4 is 46.7 Å². The lowest BCUT2D eigenvalue weighted by molar-refractivity contribution is -0.119. The Morgan fingerprint density at radius 2 is 2.19 bits per heavy atom. The second kappa shape index (κ2) is 4.45. The van der Waals surface area contributed by atoms with Gasteiger partial charge < -0.3 is 5.53 Å². The number of hydrogen-bond acceptors (Lipinski definition) is 3. The number of carbonyl (C=O) groups is 1. The van der Waals surface area contributed by atoms with Crippen molar-refractivity contribution in [2.24, 2.45) is 10.8 Å². The molecule has 1 atom stereocenters. The number of nitrogens with zero attached hydrogens (tertiary/aromatic N) is 2. The Kier molecular flexibility index (Phi) is 3.63. The van der Waals surface area contributed by atoms with Crippen molar-refractivity contribution < 1.29 is 9.58 Å². The zero-order chi connectivity index (χ0) is 12.4. The topological polar surface area (TPSA) is 53.5 Å². The van der Waals surface area contributed by atoms with E-state index in [-0.39, 0.29) is 11.2 Å². The summed E-state index contributed by atoms with van der Waals surface area (Å²) in [5, 5.41) is 1.63. The summed E-state index contributed by atoms with van der Waals surface area (Å²) in [6.07, 6.45) is 4.09. The zero-order valence-corrected chi connectivity index (χ0v) is 10.6. The van der Waals surface area contributed by atoms with E-state index in [1.807, 2.05) is 0 Å². The van der Waals surface area contributed by atoms with Crippen molar-refractivity contribution in [2.45, 2.75) is 19.8 Å². The van der Waals surface area contributed by atoms with Gasteiger partial charge in [-0.25, -0.2) is 0 Å². The molecule has 0 aromatic heterocycles. The predicted octanol–water partition coefficient (Wildman–Crippen LogP) is 2.20. The molecule has 0 amide bonds. The lowest BCUT2D eigenvalue weighted by atomic mass is 9.76. The van der Waals surface area contributed by atoms with Crippen molar-refractivity contribution in [1.82, 2.24) is 0 Å².